The van der Waals surface area contributed by atoms with Gasteiger partial charge in [0.15, 0.2) is 0 Å². The second-order valence-electron chi connectivity index (χ2n) is 5.14. The van der Waals surface area contributed by atoms with Crippen LogP contribution in [0.2, 0.25) is 0 Å². The molecule has 0 amide bonds. The molecule has 0 saturated carbocycles. The first-order valence-corrected chi connectivity index (χ1v) is 6.75. The highest BCUT2D eigenvalue weighted by molar-refractivity contribution is 5.92. The van der Waals surface area contributed by atoms with E-state index in [9.17, 15) is 13.2 Å². The summed E-state index contributed by atoms with van der Waals surface area (Å²) in [6, 6.07) is 5.70. The molecule has 1 unspecified atom stereocenters. The average Bonchev–Trinajstić information content (AvgIpc) is 2.42. The van der Waals surface area contributed by atoms with Crippen molar-refractivity contribution in [1.82, 2.24) is 10.6 Å². The van der Waals surface area contributed by atoms with Gasteiger partial charge >= 0.3 is 6.18 Å². The summed E-state index contributed by atoms with van der Waals surface area (Å²) in [7, 11) is 0. The van der Waals surface area contributed by atoms with E-state index in [0.717, 1.165) is 19.3 Å². The number of nitrogens with one attached hydrogen (secondary N) is 2. The van der Waals surface area contributed by atoms with Gasteiger partial charge in [0.25, 0.3) is 5.66 Å². The predicted octanol–water partition coefficient (Wildman–Crippen LogP) is 1.23. The van der Waals surface area contributed by atoms with Gasteiger partial charge in [-0.15, -0.1) is 0 Å². The molecule has 0 radical (unpaired) electrons. The molecule has 118 valence electrons. The Morgan fingerprint density at radius 2 is 1.91 bits per heavy atom. The molecule has 0 bridgehead atoms. The number of nitrogens with zero attached hydrogens (tertiary/aromatic N) is 1. The standard InChI is InChI=1S/C14H15F3N4O/c15-14(16,17)13(20-6-5-12(18)21-13)9-1-3-10(4-2-9)22-11-7-19-8-11/h1-6,11,19-20H,7-8H2,(H2,18,21). The van der Waals surface area contributed by atoms with Crippen molar-refractivity contribution in [3.05, 3.63) is 42.1 Å². The Hall–Kier alpha value is -2.22. The summed E-state index contributed by atoms with van der Waals surface area (Å²) < 4.78 is 46.2. The van der Waals surface area contributed by atoms with Gasteiger partial charge in [0.1, 0.15) is 17.7 Å². The molecule has 4 N–H and O–H groups in total. The van der Waals surface area contributed by atoms with E-state index in [0.29, 0.717) is 5.75 Å². The monoisotopic (exact) mass is 312 g/mol. The van der Waals surface area contributed by atoms with Crippen molar-refractivity contribution in [1.29, 1.82) is 0 Å². The highest BCUT2D eigenvalue weighted by atomic mass is 19.4. The van der Waals surface area contributed by atoms with Crippen LogP contribution in [0.5, 0.6) is 5.75 Å². The summed E-state index contributed by atoms with van der Waals surface area (Å²) in [6.45, 7) is 1.48. The van der Waals surface area contributed by atoms with Gasteiger partial charge in [-0.25, -0.2) is 4.99 Å². The van der Waals surface area contributed by atoms with Crippen molar-refractivity contribution in [2.45, 2.75) is 17.9 Å². The van der Waals surface area contributed by atoms with Gasteiger partial charge in [-0.05, 0) is 18.2 Å². The van der Waals surface area contributed by atoms with Crippen molar-refractivity contribution in [2.24, 2.45) is 10.7 Å². The molecule has 1 fully saturated rings. The third kappa shape index (κ3) is 2.50. The van der Waals surface area contributed by atoms with Crippen LogP contribution < -0.4 is 21.1 Å². The Kier molecular flexibility index (Phi) is 3.48. The molecular formula is C14H15F3N4O. The number of amidine groups is 1. The fourth-order valence-corrected chi connectivity index (χ4v) is 2.28. The molecule has 8 heteroatoms. The van der Waals surface area contributed by atoms with Crippen LogP contribution in [-0.2, 0) is 5.66 Å². The lowest BCUT2D eigenvalue weighted by Gasteiger charge is -2.35. The molecule has 3 rings (SSSR count). The molecule has 1 aromatic carbocycles. The van der Waals surface area contributed by atoms with Crippen LogP contribution in [0.3, 0.4) is 0 Å². The van der Waals surface area contributed by atoms with Crippen LogP contribution in [0.25, 0.3) is 0 Å². The summed E-state index contributed by atoms with van der Waals surface area (Å²) in [4.78, 5) is 3.59. The normalized spacial score (nSPS) is 25.1. The minimum atomic E-state index is -4.64. The van der Waals surface area contributed by atoms with E-state index in [1.807, 2.05) is 0 Å². The Morgan fingerprint density at radius 1 is 1.23 bits per heavy atom. The molecule has 2 aliphatic heterocycles. The minimum absolute atomic E-state index is 0.0496. The first-order chi connectivity index (χ1) is 10.4. The smallest absolute Gasteiger partial charge is 0.436 e. The maximum absolute atomic E-state index is 13.5. The van der Waals surface area contributed by atoms with E-state index < -0.39 is 11.8 Å². The highest BCUT2D eigenvalue weighted by Crippen LogP contribution is 2.41. The van der Waals surface area contributed by atoms with Crippen LogP contribution in [0.1, 0.15) is 5.56 Å². The summed E-state index contributed by atoms with van der Waals surface area (Å²) in [6.07, 6.45) is -2.14. The number of hydrogen-bond acceptors (Lipinski definition) is 5. The van der Waals surface area contributed by atoms with Crippen molar-refractivity contribution in [2.75, 3.05) is 13.1 Å². The number of alkyl halides is 3. The van der Waals surface area contributed by atoms with Gasteiger partial charge in [-0.3, -0.25) is 0 Å². The van der Waals surface area contributed by atoms with E-state index in [1.165, 1.54) is 30.3 Å². The van der Waals surface area contributed by atoms with Crippen LogP contribution in [0.15, 0.2) is 41.5 Å². The number of rotatable bonds is 3. The lowest BCUT2D eigenvalue weighted by Crippen LogP contribution is -2.53. The molecule has 0 aromatic heterocycles. The summed E-state index contributed by atoms with van der Waals surface area (Å²) >= 11 is 0. The number of benzene rings is 1. The van der Waals surface area contributed by atoms with Crippen molar-refractivity contribution < 1.29 is 17.9 Å². The van der Waals surface area contributed by atoms with Crippen LogP contribution in [0, 0.1) is 0 Å². The lowest BCUT2D eigenvalue weighted by atomic mass is 9.98. The van der Waals surface area contributed by atoms with E-state index in [-0.39, 0.29) is 17.5 Å². The van der Waals surface area contributed by atoms with Crippen LogP contribution in [0.4, 0.5) is 13.2 Å². The minimum Gasteiger partial charge on any atom is -0.488 e. The van der Waals surface area contributed by atoms with E-state index >= 15 is 0 Å². The van der Waals surface area contributed by atoms with Gasteiger partial charge in [-0.2, -0.15) is 13.2 Å². The van der Waals surface area contributed by atoms with Crippen LogP contribution in [-0.4, -0.2) is 31.2 Å². The molecule has 0 spiro atoms. The van der Waals surface area contributed by atoms with Gasteiger partial charge < -0.3 is 21.1 Å². The van der Waals surface area contributed by atoms with Crippen molar-refractivity contribution >= 4 is 5.84 Å². The first-order valence-electron chi connectivity index (χ1n) is 6.75. The summed E-state index contributed by atoms with van der Waals surface area (Å²) in [5, 5.41) is 5.33. The zero-order valence-corrected chi connectivity index (χ0v) is 11.5. The third-order valence-electron chi connectivity index (χ3n) is 3.57. The molecule has 2 heterocycles. The maximum atomic E-state index is 13.5. The number of ether oxygens (including phenoxy) is 1. The lowest BCUT2D eigenvalue weighted by molar-refractivity contribution is -0.195. The molecule has 1 atom stereocenters. The number of nitrogens with two attached hydrogens (primary N) is 1. The first kappa shape index (κ1) is 14.7. The second kappa shape index (κ2) is 5.20. The fraction of sp³-hybridized carbons (Fsp3) is 0.357. The van der Waals surface area contributed by atoms with E-state index in [4.69, 9.17) is 10.5 Å². The average molecular weight is 312 g/mol. The Bertz CT molecular complexity index is 608. The second-order valence-corrected chi connectivity index (χ2v) is 5.14. The maximum Gasteiger partial charge on any atom is 0.436 e. The Labute approximate surface area is 125 Å². The molecule has 1 aromatic rings. The molecule has 5 nitrogen and oxygen atoms in total. The van der Waals surface area contributed by atoms with Crippen LogP contribution >= 0.6 is 0 Å². The molecular weight excluding hydrogens is 297 g/mol. The molecule has 2 aliphatic rings. The summed E-state index contributed by atoms with van der Waals surface area (Å²) in [5.41, 5.74) is 2.84. The van der Waals surface area contributed by atoms with E-state index in [1.54, 1.807) is 0 Å². The largest absolute Gasteiger partial charge is 0.488 e. The number of hydrogen-bond donors (Lipinski definition) is 3. The zero-order valence-electron chi connectivity index (χ0n) is 11.5. The molecule has 1 saturated heterocycles. The zero-order chi connectivity index (χ0) is 15.8. The van der Waals surface area contributed by atoms with Gasteiger partial charge in [0.05, 0.1) is 0 Å². The summed E-state index contributed by atoms with van der Waals surface area (Å²) in [5.74, 6) is 0.341. The third-order valence-corrected chi connectivity index (χ3v) is 3.57. The van der Waals surface area contributed by atoms with Gasteiger partial charge in [-0.1, -0.05) is 12.1 Å². The Balaban J connectivity index is 1.90. The van der Waals surface area contributed by atoms with Gasteiger partial charge in [0, 0.05) is 24.9 Å². The highest BCUT2D eigenvalue weighted by Gasteiger charge is 2.57. The topological polar surface area (TPSA) is 71.7 Å². The Morgan fingerprint density at radius 3 is 2.41 bits per heavy atom. The number of aliphatic imine (C=N–C) groups is 1. The van der Waals surface area contributed by atoms with E-state index in [2.05, 4.69) is 15.6 Å². The van der Waals surface area contributed by atoms with Gasteiger partial charge in [0.2, 0.25) is 0 Å². The molecule has 0 aliphatic carbocycles. The quantitative estimate of drug-likeness (QED) is 0.785. The van der Waals surface area contributed by atoms with Crippen molar-refractivity contribution in [3.63, 3.8) is 0 Å². The number of halogens is 3. The SMILES string of the molecule is NC1=NC(c2ccc(OC3CNC3)cc2)(C(F)(F)F)NC=C1. The molecule has 22 heavy (non-hydrogen) atoms. The van der Waals surface area contributed by atoms with Crippen molar-refractivity contribution in [3.8, 4) is 5.75 Å². The predicted molar refractivity (Wildman–Crippen MR) is 75.4 cm³/mol. The fourth-order valence-electron chi connectivity index (χ4n) is 2.28.